The molecule has 1 aliphatic carbocycles. The van der Waals surface area contributed by atoms with Crippen molar-refractivity contribution in [1.82, 2.24) is 15.5 Å². The maximum absolute atomic E-state index is 12.2. The first-order chi connectivity index (χ1) is 14.0. The van der Waals surface area contributed by atoms with Crippen LogP contribution in [0, 0.1) is 11.8 Å². The fourth-order valence-corrected chi connectivity index (χ4v) is 4.32. The molecular weight excluding hydrogens is 366 g/mol. The number of benzene rings is 1. The van der Waals surface area contributed by atoms with Crippen LogP contribution in [0.2, 0.25) is 0 Å². The van der Waals surface area contributed by atoms with Crippen LogP contribution in [0.1, 0.15) is 51.0 Å². The molecule has 6 heteroatoms. The molecule has 2 fully saturated rings. The second kappa shape index (κ2) is 10.4. The number of carbonyl (C=O) groups excluding carboxylic acids is 3. The molecule has 3 amide bonds. The third-order valence-electron chi connectivity index (χ3n) is 6.00. The third kappa shape index (κ3) is 6.58. The van der Waals surface area contributed by atoms with E-state index in [0.717, 1.165) is 38.6 Å². The Morgan fingerprint density at radius 1 is 1.17 bits per heavy atom. The van der Waals surface area contributed by atoms with Gasteiger partial charge in [-0.3, -0.25) is 14.4 Å². The van der Waals surface area contributed by atoms with Crippen LogP contribution in [0.5, 0.6) is 0 Å². The summed E-state index contributed by atoms with van der Waals surface area (Å²) in [4.78, 5) is 38.5. The molecule has 1 heterocycles. The second-order valence-electron chi connectivity index (χ2n) is 8.54. The molecule has 0 aromatic heterocycles. The zero-order valence-electron chi connectivity index (χ0n) is 17.4. The van der Waals surface area contributed by atoms with Crippen LogP contribution < -0.4 is 10.6 Å². The van der Waals surface area contributed by atoms with Crippen LogP contribution in [-0.4, -0.2) is 48.3 Å². The minimum Gasteiger partial charge on any atom is -0.356 e. The maximum Gasteiger partial charge on any atom is 0.223 e. The lowest BCUT2D eigenvalue weighted by atomic mass is 10.1. The van der Waals surface area contributed by atoms with Gasteiger partial charge in [0, 0.05) is 50.4 Å². The number of carbonyl (C=O) groups is 3. The standard InChI is InChI=1S/C23H33N3O3/c1-17(25-23(29)20-9-5-6-10-20)13-21(27)24-15-19-14-22(28)26(16-19)12-11-18-7-3-2-4-8-18/h2-4,7-8,17,19-20H,5-6,9-16H2,1H3,(H,24,27)(H,25,29). The average Bonchev–Trinajstić information content (AvgIpc) is 3.35. The highest BCUT2D eigenvalue weighted by Crippen LogP contribution is 2.24. The number of hydrogen-bond acceptors (Lipinski definition) is 3. The van der Waals surface area contributed by atoms with Crippen molar-refractivity contribution < 1.29 is 14.4 Å². The fourth-order valence-electron chi connectivity index (χ4n) is 4.32. The molecule has 2 aliphatic rings. The molecule has 158 valence electrons. The number of likely N-dealkylation sites (tertiary alicyclic amines) is 1. The minimum atomic E-state index is -0.171. The van der Waals surface area contributed by atoms with Crippen molar-refractivity contribution in [2.75, 3.05) is 19.6 Å². The Morgan fingerprint density at radius 3 is 2.62 bits per heavy atom. The van der Waals surface area contributed by atoms with E-state index in [-0.39, 0.29) is 42.0 Å². The summed E-state index contributed by atoms with van der Waals surface area (Å²) in [6.07, 6.45) is 5.77. The lowest BCUT2D eigenvalue weighted by Crippen LogP contribution is -2.40. The van der Waals surface area contributed by atoms with Crippen LogP contribution in [0.15, 0.2) is 30.3 Å². The van der Waals surface area contributed by atoms with Crippen LogP contribution >= 0.6 is 0 Å². The smallest absolute Gasteiger partial charge is 0.223 e. The van der Waals surface area contributed by atoms with Crippen LogP contribution in [0.25, 0.3) is 0 Å². The summed E-state index contributed by atoms with van der Waals surface area (Å²) in [5, 5.41) is 5.91. The van der Waals surface area contributed by atoms with E-state index in [1.54, 1.807) is 0 Å². The van der Waals surface area contributed by atoms with Crippen LogP contribution in [0.4, 0.5) is 0 Å². The molecule has 2 N–H and O–H groups in total. The number of rotatable bonds is 9. The average molecular weight is 400 g/mol. The first-order valence-electron chi connectivity index (χ1n) is 10.9. The molecule has 0 bridgehead atoms. The summed E-state index contributed by atoms with van der Waals surface area (Å²) < 4.78 is 0. The first kappa shape index (κ1) is 21.3. The molecule has 2 unspecified atom stereocenters. The van der Waals surface area contributed by atoms with Gasteiger partial charge in [-0.25, -0.2) is 0 Å². The summed E-state index contributed by atoms with van der Waals surface area (Å²) in [6.45, 7) is 3.80. The van der Waals surface area contributed by atoms with Gasteiger partial charge in [0.05, 0.1) is 0 Å². The SMILES string of the molecule is CC(CC(=O)NCC1CC(=O)N(CCc2ccccc2)C1)NC(=O)C1CCCC1. The Kier molecular flexibility index (Phi) is 7.67. The number of amides is 3. The minimum absolute atomic E-state index is 0.0700. The van der Waals surface area contributed by atoms with Gasteiger partial charge in [-0.2, -0.15) is 0 Å². The van der Waals surface area contributed by atoms with E-state index >= 15 is 0 Å². The zero-order valence-corrected chi connectivity index (χ0v) is 17.4. The van der Waals surface area contributed by atoms with Gasteiger partial charge in [-0.05, 0) is 31.7 Å². The van der Waals surface area contributed by atoms with Crippen molar-refractivity contribution in [3.63, 3.8) is 0 Å². The van der Waals surface area contributed by atoms with E-state index in [1.165, 1.54) is 5.56 Å². The van der Waals surface area contributed by atoms with Gasteiger partial charge in [-0.1, -0.05) is 43.2 Å². The van der Waals surface area contributed by atoms with Crippen molar-refractivity contribution in [3.05, 3.63) is 35.9 Å². The Bertz CT molecular complexity index is 701. The highest BCUT2D eigenvalue weighted by atomic mass is 16.2. The summed E-state index contributed by atoms with van der Waals surface area (Å²) in [5.41, 5.74) is 1.23. The van der Waals surface area contributed by atoms with Crippen molar-refractivity contribution in [2.24, 2.45) is 11.8 Å². The largest absolute Gasteiger partial charge is 0.356 e. The molecule has 0 spiro atoms. The van der Waals surface area contributed by atoms with Gasteiger partial charge in [-0.15, -0.1) is 0 Å². The molecule has 6 nitrogen and oxygen atoms in total. The third-order valence-corrected chi connectivity index (χ3v) is 6.00. The van der Waals surface area contributed by atoms with Gasteiger partial charge in [0.2, 0.25) is 17.7 Å². The molecule has 1 aliphatic heterocycles. The van der Waals surface area contributed by atoms with E-state index in [0.29, 0.717) is 19.5 Å². The van der Waals surface area contributed by atoms with E-state index in [2.05, 4.69) is 22.8 Å². The Hall–Kier alpha value is -2.37. The fraction of sp³-hybridized carbons (Fsp3) is 0.609. The normalized spacial score (nSPS) is 20.7. The van der Waals surface area contributed by atoms with Gasteiger partial charge in [0.1, 0.15) is 0 Å². The predicted octanol–water partition coefficient (Wildman–Crippen LogP) is 2.28. The Morgan fingerprint density at radius 2 is 1.90 bits per heavy atom. The van der Waals surface area contributed by atoms with Crippen molar-refractivity contribution >= 4 is 17.7 Å². The van der Waals surface area contributed by atoms with Crippen molar-refractivity contribution in [3.8, 4) is 0 Å². The van der Waals surface area contributed by atoms with E-state index < -0.39 is 0 Å². The predicted molar refractivity (Wildman–Crippen MR) is 112 cm³/mol. The van der Waals surface area contributed by atoms with E-state index in [9.17, 15) is 14.4 Å². The molecule has 3 rings (SSSR count). The maximum atomic E-state index is 12.2. The summed E-state index contributed by atoms with van der Waals surface area (Å²) >= 11 is 0. The summed E-state index contributed by atoms with van der Waals surface area (Å²) in [5.74, 6) is 0.451. The van der Waals surface area contributed by atoms with Gasteiger partial charge in [0.25, 0.3) is 0 Å². The highest BCUT2D eigenvalue weighted by Gasteiger charge is 2.29. The first-order valence-corrected chi connectivity index (χ1v) is 10.9. The molecular formula is C23H33N3O3. The molecule has 1 saturated heterocycles. The Labute approximate surface area is 173 Å². The lowest BCUT2D eigenvalue weighted by molar-refractivity contribution is -0.128. The van der Waals surface area contributed by atoms with E-state index in [1.807, 2.05) is 30.0 Å². The molecule has 29 heavy (non-hydrogen) atoms. The molecule has 2 atom stereocenters. The molecule has 1 aromatic carbocycles. The van der Waals surface area contributed by atoms with Crippen molar-refractivity contribution in [1.29, 1.82) is 0 Å². The Balaban J connectivity index is 1.33. The van der Waals surface area contributed by atoms with Gasteiger partial charge < -0.3 is 15.5 Å². The zero-order chi connectivity index (χ0) is 20.6. The number of hydrogen-bond donors (Lipinski definition) is 2. The van der Waals surface area contributed by atoms with Gasteiger partial charge >= 0.3 is 0 Å². The molecule has 1 saturated carbocycles. The summed E-state index contributed by atoms with van der Waals surface area (Å²) in [6, 6.07) is 9.99. The van der Waals surface area contributed by atoms with E-state index in [4.69, 9.17) is 0 Å². The van der Waals surface area contributed by atoms with Crippen molar-refractivity contribution in [2.45, 2.75) is 57.9 Å². The highest BCUT2D eigenvalue weighted by molar-refractivity contribution is 5.81. The van der Waals surface area contributed by atoms with Gasteiger partial charge in [0.15, 0.2) is 0 Å². The quantitative estimate of drug-likeness (QED) is 0.669. The topological polar surface area (TPSA) is 78.5 Å². The molecule has 0 radical (unpaired) electrons. The number of nitrogens with zero attached hydrogens (tertiary/aromatic N) is 1. The number of nitrogens with one attached hydrogen (secondary N) is 2. The lowest BCUT2D eigenvalue weighted by Gasteiger charge is -2.18. The van der Waals surface area contributed by atoms with Crippen LogP contribution in [-0.2, 0) is 20.8 Å². The summed E-state index contributed by atoms with van der Waals surface area (Å²) in [7, 11) is 0. The monoisotopic (exact) mass is 399 g/mol. The van der Waals surface area contributed by atoms with Crippen LogP contribution in [0.3, 0.4) is 0 Å². The second-order valence-corrected chi connectivity index (χ2v) is 8.54. The molecule has 1 aromatic rings.